The van der Waals surface area contributed by atoms with Crippen LogP contribution >= 0.6 is 15.9 Å². The summed E-state index contributed by atoms with van der Waals surface area (Å²) in [5.41, 5.74) is 0.539. The first-order valence-corrected chi connectivity index (χ1v) is 6.65. The zero-order valence-corrected chi connectivity index (χ0v) is 12.2. The molecule has 2 aromatic rings. The highest BCUT2D eigenvalue weighted by molar-refractivity contribution is 9.10. The summed E-state index contributed by atoms with van der Waals surface area (Å²) in [7, 11) is 0. The molecule has 0 spiro atoms. The molecule has 0 N–H and O–H groups in total. The van der Waals surface area contributed by atoms with Gasteiger partial charge in [0.15, 0.2) is 0 Å². The Bertz CT molecular complexity index is 634. The topological polar surface area (TPSA) is 59.3 Å². The Labute approximate surface area is 123 Å². The number of hydrogen-bond donors (Lipinski definition) is 0. The molecule has 0 atom stereocenters. The van der Waals surface area contributed by atoms with Gasteiger partial charge in [-0.25, -0.2) is 9.37 Å². The van der Waals surface area contributed by atoms with E-state index in [4.69, 9.17) is 0 Å². The Kier molecular flexibility index (Phi) is 4.29. The summed E-state index contributed by atoms with van der Waals surface area (Å²) in [6, 6.07) is 7.14. The lowest BCUT2D eigenvalue weighted by molar-refractivity contribution is -0.384. The number of rotatable bonds is 4. The minimum absolute atomic E-state index is 0.106. The lowest BCUT2D eigenvalue weighted by atomic mass is 10.2. The highest BCUT2D eigenvalue weighted by Gasteiger charge is 2.22. The van der Waals surface area contributed by atoms with Crippen LogP contribution in [0.3, 0.4) is 0 Å². The molecule has 0 bridgehead atoms. The largest absolute Gasteiger partial charge is 0.321 e. The Morgan fingerprint density at radius 2 is 2.05 bits per heavy atom. The van der Waals surface area contributed by atoms with Crippen molar-refractivity contribution in [2.24, 2.45) is 0 Å². The van der Waals surface area contributed by atoms with E-state index >= 15 is 0 Å². The molecular formula is C13H11BrFN3O2. The van der Waals surface area contributed by atoms with Gasteiger partial charge in [0, 0.05) is 29.0 Å². The van der Waals surface area contributed by atoms with E-state index < -0.39 is 4.92 Å². The van der Waals surface area contributed by atoms with E-state index in [1.54, 1.807) is 17.0 Å². The van der Waals surface area contributed by atoms with Crippen LogP contribution in [0, 0.1) is 15.9 Å². The minimum Gasteiger partial charge on any atom is -0.321 e. The summed E-state index contributed by atoms with van der Waals surface area (Å²) < 4.78 is 13.5. The molecule has 104 valence electrons. The molecule has 0 radical (unpaired) electrons. The number of pyridine rings is 1. The third kappa shape index (κ3) is 2.93. The fourth-order valence-electron chi connectivity index (χ4n) is 1.84. The number of hydrogen-bond acceptors (Lipinski definition) is 4. The van der Waals surface area contributed by atoms with Crippen LogP contribution in [0.4, 0.5) is 21.6 Å². The van der Waals surface area contributed by atoms with E-state index in [1.165, 1.54) is 24.4 Å². The van der Waals surface area contributed by atoms with Crippen molar-refractivity contribution >= 4 is 33.1 Å². The molecular weight excluding hydrogens is 329 g/mol. The summed E-state index contributed by atoms with van der Waals surface area (Å²) >= 11 is 3.17. The predicted molar refractivity (Wildman–Crippen MR) is 77.7 cm³/mol. The first-order chi connectivity index (χ1) is 9.52. The van der Waals surface area contributed by atoms with Gasteiger partial charge in [-0.2, -0.15) is 0 Å². The number of nitrogens with zero attached hydrogens (tertiary/aromatic N) is 3. The van der Waals surface area contributed by atoms with Crippen LogP contribution in [0.2, 0.25) is 0 Å². The number of halogens is 2. The maximum absolute atomic E-state index is 13.0. The van der Waals surface area contributed by atoms with Crippen molar-refractivity contribution in [3.8, 4) is 0 Å². The van der Waals surface area contributed by atoms with Crippen molar-refractivity contribution in [2.45, 2.75) is 6.92 Å². The van der Waals surface area contributed by atoms with Gasteiger partial charge < -0.3 is 4.90 Å². The average molecular weight is 340 g/mol. The van der Waals surface area contributed by atoms with Crippen LogP contribution < -0.4 is 4.90 Å². The van der Waals surface area contributed by atoms with Gasteiger partial charge in [-0.3, -0.25) is 10.1 Å². The molecule has 0 aliphatic rings. The zero-order chi connectivity index (χ0) is 14.7. The molecule has 5 nitrogen and oxygen atoms in total. The Morgan fingerprint density at radius 3 is 2.60 bits per heavy atom. The fourth-order valence-corrected chi connectivity index (χ4v) is 2.16. The van der Waals surface area contributed by atoms with E-state index in [1.807, 2.05) is 6.92 Å². The second-order valence-electron chi connectivity index (χ2n) is 3.97. The van der Waals surface area contributed by atoms with Crippen molar-refractivity contribution in [1.82, 2.24) is 4.98 Å². The maximum Gasteiger partial charge on any atom is 0.313 e. The summed E-state index contributed by atoms with van der Waals surface area (Å²) in [6.07, 6.45) is 1.49. The second kappa shape index (κ2) is 5.96. The van der Waals surface area contributed by atoms with Crippen LogP contribution in [0.1, 0.15) is 6.92 Å². The predicted octanol–water partition coefficient (Wildman–Crippen LogP) is 4.05. The first-order valence-electron chi connectivity index (χ1n) is 5.86. The van der Waals surface area contributed by atoms with Gasteiger partial charge in [0.2, 0.25) is 5.82 Å². The number of nitro groups is 1. The standard InChI is InChI=1S/C13H11BrFN3O2/c1-2-17(11-5-3-10(15)4-6-11)13-12(18(19)20)7-9(14)8-16-13/h3-8H,2H2,1H3. The summed E-state index contributed by atoms with van der Waals surface area (Å²) in [6.45, 7) is 2.32. The van der Waals surface area contributed by atoms with Crippen LogP contribution in [0.25, 0.3) is 0 Å². The van der Waals surface area contributed by atoms with Crippen molar-refractivity contribution in [3.63, 3.8) is 0 Å². The van der Waals surface area contributed by atoms with Crippen molar-refractivity contribution in [2.75, 3.05) is 11.4 Å². The quantitative estimate of drug-likeness (QED) is 0.622. The third-order valence-electron chi connectivity index (χ3n) is 2.72. The van der Waals surface area contributed by atoms with E-state index in [2.05, 4.69) is 20.9 Å². The molecule has 0 amide bonds. The maximum atomic E-state index is 13.0. The molecule has 7 heteroatoms. The second-order valence-corrected chi connectivity index (χ2v) is 4.89. The van der Waals surface area contributed by atoms with Crippen LogP contribution in [-0.2, 0) is 0 Å². The van der Waals surface area contributed by atoms with Gasteiger partial charge in [-0.1, -0.05) is 0 Å². The van der Waals surface area contributed by atoms with Gasteiger partial charge in [0.05, 0.1) is 4.92 Å². The molecule has 2 rings (SSSR count). The zero-order valence-electron chi connectivity index (χ0n) is 10.6. The van der Waals surface area contributed by atoms with Crippen LogP contribution in [-0.4, -0.2) is 16.5 Å². The van der Waals surface area contributed by atoms with E-state index in [0.29, 0.717) is 16.7 Å². The monoisotopic (exact) mass is 339 g/mol. The van der Waals surface area contributed by atoms with Gasteiger partial charge >= 0.3 is 5.69 Å². The minimum atomic E-state index is -0.487. The third-order valence-corrected chi connectivity index (χ3v) is 3.15. The first kappa shape index (κ1) is 14.4. The van der Waals surface area contributed by atoms with Gasteiger partial charge in [0.1, 0.15) is 5.82 Å². The van der Waals surface area contributed by atoms with E-state index in [-0.39, 0.29) is 17.3 Å². The summed E-state index contributed by atoms with van der Waals surface area (Å²) in [5, 5.41) is 11.1. The molecule has 0 saturated heterocycles. The molecule has 1 aromatic heterocycles. The van der Waals surface area contributed by atoms with Gasteiger partial charge in [-0.05, 0) is 47.1 Å². The molecule has 0 aliphatic heterocycles. The fraction of sp³-hybridized carbons (Fsp3) is 0.154. The van der Waals surface area contributed by atoms with E-state index in [9.17, 15) is 14.5 Å². The lowest BCUT2D eigenvalue weighted by Crippen LogP contribution is -2.18. The van der Waals surface area contributed by atoms with Crippen molar-refractivity contribution < 1.29 is 9.31 Å². The lowest BCUT2D eigenvalue weighted by Gasteiger charge is -2.21. The van der Waals surface area contributed by atoms with E-state index in [0.717, 1.165) is 0 Å². The summed E-state index contributed by atoms with van der Waals surface area (Å²) in [4.78, 5) is 16.4. The molecule has 0 unspecified atom stereocenters. The number of anilines is 2. The van der Waals surface area contributed by atoms with Gasteiger partial charge in [0.25, 0.3) is 0 Å². The Hall–Kier alpha value is -2.02. The molecule has 20 heavy (non-hydrogen) atoms. The molecule has 0 aliphatic carbocycles. The molecule has 0 saturated carbocycles. The summed E-state index contributed by atoms with van der Waals surface area (Å²) in [5.74, 6) is -0.129. The molecule has 1 aromatic carbocycles. The van der Waals surface area contributed by atoms with Crippen molar-refractivity contribution in [1.29, 1.82) is 0 Å². The SMILES string of the molecule is CCN(c1ccc(F)cc1)c1ncc(Br)cc1[N+](=O)[O-]. The van der Waals surface area contributed by atoms with Crippen LogP contribution in [0.15, 0.2) is 41.0 Å². The van der Waals surface area contributed by atoms with Crippen LogP contribution in [0.5, 0.6) is 0 Å². The normalized spacial score (nSPS) is 10.3. The van der Waals surface area contributed by atoms with Gasteiger partial charge in [-0.15, -0.1) is 0 Å². The highest BCUT2D eigenvalue weighted by Crippen LogP contribution is 2.33. The molecule has 0 fully saturated rings. The smallest absolute Gasteiger partial charge is 0.313 e. The highest BCUT2D eigenvalue weighted by atomic mass is 79.9. The Balaban J connectivity index is 2.51. The molecule has 1 heterocycles. The number of benzene rings is 1. The average Bonchev–Trinajstić information content (AvgIpc) is 2.43. The van der Waals surface area contributed by atoms with Crippen molar-refractivity contribution in [3.05, 3.63) is 56.9 Å². The number of aromatic nitrogens is 1. The Morgan fingerprint density at radius 1 is 1.40 bits per heavy atom.